The lowest BCUT2D eigenvalue weighted by Gasteiger charge is -2.23. The molecule has 98 valence electrons. The summed E-state index contributed by atoms with van der Waals surface area (Å²) < 4.78 is 31.5. The first-order chi connectivity index (χ1) is 8.46. The van der Waals surface area contributed by atoms with Crippen molar-refractivity contribution in [3.05, 3.63) is 34.9 Å². The molecule has 1 aromatic rings. The Balaban J connectivity index is 2.32. The quantitative estimate of drug-likeness (QED) is 0.842. The van der Waals surface area contributed by atoms with Crippen LogP contribution in [0.3, 0.4) is 0 Å². The number of rotatable bonds is 3. The van der Waals surface area contributed by atoms with Crippen molar-refractivity contribution in [3.63, 3.8) is 0 Å². The zero-order valence-corrected chi connectivity index (χ0v) is 10.0. The Morgan fingerprint density at radius 3 is 2.89 bits per heavy atom. The van der Waals surface area contributed by atoms with Gasteiger partial charge in [-0.2, -0.15) is 0 Å². The molecule has 0 aromatic heterocycles. The minimum atomic E-state index is -1.58. The fourth-order valence-corrected chi connectivity index (χ4v) is 2.44. The van der Waals surface area contributed by atoms with Gasteiger partial charge in [-0.1, -0.05) is 0 Å². The molecule has 1 N–H and O–H groups in total. The van der Waals surface area contributed by atoms with Crippen molar-refractivity contribution in [1.29, 1.82) is 0 Å². The molecule has 18 heavy (non-hydrogen) atoms. The van der Waals surface area contributed by atoms with E-state index in [0.717, 1.165) is 6.07 Å². The third-order valence-corrected chi connectivity index (χ3v) is 3.15. The van der Waals surface area contributed by atoms with Crippen molar-refractivity contribution in [2.75, 3.05) is 6.61 Å². The van der Waals surface area contributed by atoms with Gasteiger partial charge in [0.05, 0.1) is 13.0 Å². The van der Waals surface area contributed by atoms with Crippen LogP contribution in [0.1, 0.15) is 30.9 Å². The number of esters is 1. The molecule has 0 spiro atoms. The minimum Gasteiger partial charge on any atom is -0.466 e. The molecule has 0 heterocycles. The average molecular weight is 256 g/mol. The van der Waals surface area contributed by atoms with Gasteiger partial charge in [-0.3, -0.25) is 4.79 Å². The molecular formula is C13H14F2O3. The summed E-state index contributed by atoms with van der Waals surface area (Å²) in [5.41, 5.74) is -1.14. The summed E-state index contributed by atoms with van der Waals surface area (Å²) in [6.45, 7) is 1.86. The maximum absolute atomic E-state index is 13.7. The summed E-state index contributed by atoms with van der Waals surface area (Å²) in [5.74, 6) is -2.07. The molecule has 0 radical (unpaired) electrons. The molecule has 0 amide bonds. The van der Waals surface area contributed by atoms with Crippen molar-refractivity contribution < 1.29 is 23.4 Å². The number of carbonyl (C=O) groups excluding carboxylic acids is 1. The summed E-state index contributed by atoms with van der Waals surface area (Å²) in [4.78, 5) is 11.4. The lowest BCUT2D eigenvalue weighted by Crippen LogP contribution is -2.28. The van der Waals surface area contributed by atoms with Crippen LogP contribution >= 0.6 is 0 Å². The van der Waals surface area contributed by atoms with Crippen LogP contribution in [0.2, 0.25) is 0 Å². The first-order valence-electron chi connectivity index (χ1n) is 5.82. The lowest BCUT2D eigenvalue weighted by molar-refractivity contribution is -0.149. The highest BCUT2D eigenvalue weighted by atomic mass is 19.1. The van der Waals surface area contributed by atoms with Gasteiger partial charge >= 0.3 is 5.97 Å². The van der Waals surface area contributed by atoms with E-state index in [1.54, 1.807) is 6.92 Å². The Morgan fingerprint density at radius 1 is 1.50 bits per heavy atom. The molecule has 1 unspecified atom stereocenters. The highest BCUT2D eigenvalue weighted by molar-refractivity contribution is 5.71. The van der Waals surface area contributed by atoms with E-state index in [-0.39, 0.29) is 25.0 Å². The maximum atomic E-state index is 13.7. The molecule has 0 aliphatic heterocycles. The SMILES string of the molecule is CCOC(=O)CC1(O)CCc2cc(F)cc(F)c21. The maximum Gasteiger partial charge on any atom is 0.309 e. The summed E-state index contributed by atoms with van der Waals surface area (Å²) in [5, 5.41) is 10.3. The molecule has 3 nitrogen and oxygen atoms in total. The normalized spacial score (nSPS) is 21.8. The highest BCUT2D eigenvalue weighted by Gasteiger charge is 2.41. The van der Waals surface area contributed by atoms with Gasteiger partial charge < -0.3 is 9.84 Å². The summed E-state index contributed by atoms with van der Waals surface area (Å²) in [6.07, 6.45) is 0.234. The van der Waals surface area contributed by atoms with Crippen molar-refractivity contribution in [3.8, 4) is 0 Å². The van der Waals surface area contributed by atoms with Gasteiger partial charge in [0.15, 0.2) is 0 Å². The third-order valence-electron chi connectivity index (χ3n) is 3.15. The van der Waals surface area contributed by atoms with Gasteiger partial charge in [0.2, 0.25) is 0 Å². The van der Waals surface area contributed by atoms with Gasteiger partial charge in [-0.25, -0.2) is 8.78 Å². The molecule has 1 aliphatic carbocycles. The van der Waals surface area contributed by atoms with Gasteiger partial charge in [-0.05, 0) is 31.4 Å². The van der Waals surface area contributed by atoms with E-state index in [9.17, 15) is 18.7 Å². The lowest BCUT2D eigenvalue weighted by atomic mass is 9.92. The molecule has 1 aromatic carbocycles. The molecule has 2 rings (SSSR count). The Labute approximate surface area is 103 Å². The smallest absolute Gasteiger partial charge is 0.309 e. The third kappa shape index (κ3) is 2.22. The van der Waals surface area contributed by atoms with Gasteiger partial charge in [0, 0.05) is 11.6 Å². The number of ether oxygens (including phenoxy) is 1. The van der Waals surface area contributed by atoms with Crippen molar-refractivity contribution in [2.45, 2.75) is 31.8 Å². The molecule has 0 saturated heterocycles. The fraction of sp³-hybridized carbons (Fsp3) is 0.462. The summed E-state index contributed by atoms with van der Waals surface area (Å²) >= 11 is 0. The second-order valence-corrected chi connectivity index (χ2v) is 4.44. The van der Waals surface area contributed by atoms with Crippen LogP contribution in [-0.4, -0.2) is 17.7 Å². The van der Waals surface area contributed by atoms with E-state index in [4.69, 9.17) is 4.74 Å². The first kappa shape index (κ1) is 13.0. The molecule has 0 fully saturated rings. The molecule has 1 atom stereocenters. The number of benzene rings is 1. The molecule has 5 heteroatoms. The van der Waals surface area contributed by atoms with Crippen LogP contribution < -0.4 is 0 Å². The summed E-state index contributed by atoms with van der Waals surface area (Å²) in [7, 11) is 0. The average Bonchev–Trinajstić information content (AvgIpc) is 2.55. The van der Waals surface area contributed by atoms with Gasteiger partial charge in [0.25, 0.3) is 0 Å². The number of hydrogen-bond acceptors (Lipinski definition) is 3. The standard InChI is InChI=1S/C13H14F2O3/c1-2-18-11(16)7-13(17)4-3-8-5-9(14)6-10(15)12(8)13/h5-6,17H,2-4,7H2,1H3. The Kier molecular flexibility index (Phi) is 3.34. The van der Waals surface area contributed by atoms with Crippen LogP contribution in [0.15, 0.2) is 12.1 Å². The van der Waals surface area contributed by atoms with E-state index in [1.807, 2.05) is 0 Å². The van der Waals surface area contributed by atoms with E-state index >= 15 is 0 Å². The predicted octanol–water partition coefficient (Wildman–Crippen LogP) is 2.05. The first-order valence-corrected chi connectivity index (χ1v) is 5.82. The molecule has 1 aliphatic rings. The van der Waals surface area contributed by atoms with E-state index < -0.39 is 23.2 Å². The number of carbonyl (C=O) groups is 1. The van der Waals surface area contributed by atoms with Crippen LogP contribution in [-0.2, 0) is 21.6 Å². The Morgan fingerprint density at radius 2 is 2.22 bits per heavy atom. The molecule has 0 bridgehead atoms. The van der Waals surface area contributed by atoms with Crippen LogP contribution in [0.25, 0.3) is 0 Å². The van der Waals surface area contributed by atoms with Gasteiger partial charge in [-0.15, -0.1) is 0 Å². The monoisotopic (exact) mass is 256 g/mol. The van der Waals surface area contributed by atoms with Crippen molar-refractivity contribution >= 4 is 5.97 Å². The van der Waals surface area contributed by atoms with Crippen LogP contribution in [0, 0.1) is 11.6 Å². The van der Waals surface area contributed by atoms with E-state index in [1.165, 1.54) is 6.07 Å². The van der Waals surface area contributed by atoms with Crippen molar-refractivity contribution in [1.82, 2.24) is 0 Å². The zero-order valence-electron chi connectivity index (χ0n) is 10.0. The fourth-order valence-electron chi connectivity index (χ4n) is 2.44. The Hall–Kier alpha value is -1.49. The van der Waals surface area contributed by atoms with E-state index in [2.05, 4.69) is 0 Å². The highest BCUT2D eigenvalue weighted by Crippen LogP contribution is 2.41. The van der Waals surface area contributed by atoms with Crippen molar-refractivity contribution in [2.24, 2.45) is 0 Å². The number of fused-ring (bicyclic) bond motifs is 1. The number of hydrogen-bond donors (Lipinski definition) is 1. The second-order valence-electron chi connectivity index (χ2n) is 4.44. The van der Waals surface area contributed by atoms with Crippen LogP contribution in [0.4, 0.5) is 8.78 Å². The van der Waals surface area contributed by atoms with E-state index in [0.29, 0.717) is 12.0 Å². The van der Waals surface area contributed by atoms with Crippen LogP contribution in [0.5, 0.6) is 0 Å². The number of halogens is 2. The largest absolute Gasteiger partial charge is 0.466 e. The number of aryl methyl sites for hydroxylation is 1. The predicted molar refractivity (Wildman–Crippen MR) is 59.8 cm³/mol. The van der Waals surface area contributed by atoms with Gasteiger partial charge in [0.1, 0.15) is 17.2 Å². The molecule has 0 saturated carbocycles. The molecular weight excluding hydrogens is 242 g/mol. The number of aliphatic hydroxyl groups is 1. The second kappa shape index (κ2) is 4.65. The Bertz CT molecular complexity index is 487. The minimum absolute atomic E-state index is 0.0250. The topological polar surface area (TPSA) is 46.5 Å². The zero-order chi connectivity index (χ0) is 13.3. The summed E-state index contributed by atoms with van der Waals surface area (Å²) in [6, 6.07) is 1.92.